The first-order valence-corrected chi connectivity index (χ1v) is 11.4. The molecular formula is C23H28ClN7O4. The highest BCUT2D eigenvalue weighted by Gasteiger charge is 2.25. The van der Waals surface area contributed by atoms with E-state index in [9.17, 15) is 9.90 Å². The number of carbonyl (C=O) groups excluding carboxylic acids is 1. The molecule has 0 radical (unpaired) electrons. The summed E-state index contributed by atoms with van der Waals surface area (Å²) < 4.78 is 12.9. The summed E-state index contributed by atoms with van der Waals surface area (Å²) in [5.74, 6) is 1.26. The van der Waals surface area contributed by atoms with Crippen LogP contribution in [0.15, 0.2) is 36.2 Å². The molecular weight excluding hydrogens is 474 g/mol. The number of fused-ring (bicyclic) bond motifs is 1. The number of aliphatic hydroxyl groups is 1. The van der Waals surface area contributed by atoms with E-state index < -0.39 is 11.7 Å². The first-order chi connectivity index (χ1) is 16.6. The van der Waals surface area contributed by atoms with Crippen LogP contribution in [-0.2, 0) is 21.3 Å². The van der Waals surface area contributed by atoms with Gasteiger partial charge in [0.05, 0.1) is 28.0 Å². The molecule has 1 atom stereocenters. The number of aryl methyl sites for hydroxylation is 1. The Labute approximate surface area is 207 Å². The molecule has 0 saturated carbocycles. The van der Waals surface area contributed by atoms with Gasteiger partial charge < -0.3 is 25.2 Å². The third-order valence-corrected chi connectivity index (χ3v) is 5.81. The molecule has 3 aromatic rings. The summed E-state index contributed by atoms with van der Waals surface area (Å²) in [5.41, 5.74) is 1.40. The van der Waals surface area contributed by atoms with Crippen LogP contribution in [0.1, 0.15) is 26.1 Å². The first kappa shape index (κ1) is 24.7. The third-order valence-electron chi connectivity index (χ3n) is 5.40. The molecule has 1 unspecified atom stereocenters. The first-order valence-electron chi connectivity index (χ1n) is 11.0. The van der Waals surface area contributed by atoms with Crippen molar-refractivity contribution in [3.05, 3.63) is 47.1 Å². The Morgan fingerprint density at radius 2 is 2.17 bits per heavy atom. The average Bonchev–Trinajstić information content (AvgIpc) is 3.44. The molecule has 0 fully saturated rings. The number of allylic oxidation sites excluding steroid dienone is 2. The largest absolute Gasteiger partial charge is 0.485 e. The molecule has 186 valence electrons. The van der Waals surface area contributed by atoms with E-state index in [4.69, 9.17) is 21.1 Å². The van der Waals surface area contributed by atoms with Crippen LogP contribution in [0.3, 0.4) is 0 Å². The lowest BCUT2D eigenvalue weighted by atomic mass is 10.0. The predicted molar refractivity (Wildman–Crippen MR) is 132 cm³/mol. The van der Waals surface area contributed by atoms with E-state index >= 15 is 0 Å². The average molecular weight is 502 g/mol. The fraction of sp³-hybridized carbons (Fsp3) is 0.391. The van der Waals surface area contributed by atoms with Gasteiger partial charge in [0, 0.05) is 38.1 Å². The number of amides is 1. The van der Waals surface area contributed by atoms with E-state index in [1.165, 1.54) is 0 Å². The normalized spacial score (nSPS) is 16.1. The minimum Gasteiger partial charge on any atom is -0.485 e. The fourth-order valence-electron chi connectivity index (χ4n) is 3.51. The number of H-pyrrole nitrogens is 1. The van der Waals surface area contributed by atoms with Gasteiger partial charge in [-0.3, -0.25) is 9.89 Å². The summed E-state index contributed by atoms with van der Waals surface area (Å²) in [6.45, 7) is 3.19. The highest BCUT2D eigenvalue weighted by atomic mass is 35.5. The van der Waals surface area contributed by atoms with Gasteiger partial charge in [0.1, 0.15) is 11.9 Å². The minimum absolute atomic E-state index is 0.134. The molecule has 0 aliphatic heterocycles. The SMILES string of the molecule is COC1CC(c2nc(Nc3ccc4[nH]ncc4c3Cl)n(C)n2)=CC=C1OCC(=O)NCC(C)(C)O. The maximum Gasteiger partial charge on any atom is 0.258 e. The zero-order valence-corrected chi connectivity index (χ0v) is 20.7. The maximum atomic E-state index is 12.0. The van der Waals surface area contributed by atoms with Gasteiger partial charge in [0.25, 0.3) is 5.91 Å². The number of nitrogens with one attached hydrogen (secondary N) is 3. The lowest BCUT2D eigenvalue weighted by Gasteiger charge is -2.23. The fourth-order valence-corrected chi connectivity index (χ4v) is 3.77. The van der Waals surface area contributed by atoms with Crippen molar-refractivity contribution in [2.75, 3.05) is 25.6 Å². The molecule has 12 heteroatoms. The smallest absolute Gasteiger partial charge is 0.258 e. The number of ether oxygens (including phenoxy) is 2. The lowest BCUT2D eigenvalue weighted by molar-refractivity contribution is -0.126. The molecule has 1 aliphatic rings. The molecule has 11 nitrogen and oxygen atoms in total. The van der Waals surface area contributed by atoms with Crippen molar-refractivity contribution < 1.29 is 19.4 Å². The quantitative estimate of drug-likeness (QED) is 0.351. The highest BCUT2D eigenvalue weighted by molar-refractivity contribution is 6.38. The van der Waals surface area contributed by atoms with Crippen LogP contribution in [-0.4, -0.2) is 67.9 Å². The molecule has 0 spiro atoms. The number of halogens is 1. The zero-order valence-electron chi connectivity index (χ0n) is 19.9. The Hall–Kier alpha value is -3.41. The summed E-state index contributed by atoms with van der Waals surface area (Å²) in [6, 6.07) is 3.74. The molecule has 0 saturated heterocycles. The number of methoxy groups -OCH3 is 1. The van der Waals surface area contributed by atoms with E-state index in [-0.39, 0.29) is 19.1 Å². The second-order valence-electron chi connectivity index (χ2n) is 8.83. The van der Waals surface area contributed by atoms with Gasteiger partial charge in [-0.25, -0.2) is 4.68 Å². The van der Waals surface area contributed by atoms with Gasteiger partial charge in [-0.2, -0.15) is 10.1 Å². The van der Waals surface area contributed by atoms with Gasteiger partial charge in [-0.05, 0) is 32.1 Å². The van der Waals surface area contributed by atoms with Crippen molar-refractivity contribution >= 4 is 45.6 Å². The molecule has 2 aromatic heterocycles. The Kier molecular flexibility index (Phi) is 7.10. The summed E-state index contributed by atoms with van der Waals surface area (Å²) in [6.07, 6.45) is 5.35. The number of benzene rings is 1. The Morgan fingerprint density at radius 3 is 2.91 bits per heavy atom. The molecule has 2 heterocycles. The van der Waals surface area contributed by atoms with Crippen LogP contribution in [0, 0.1) is 0 Å². The van der Waals surface area contributed by atoms with Gasteiger partial charge in [0.2, 0.25) is 5.95 Å². The number of nitrogens with zero attached hydrogens (tertiary/aromatic N) is 4. The number of aromatic nitrogens is 5. The van der Waals surface area contributed by atoms with Crippen LogP contribution < -0.4 is 10.6 Å². The van der Waals surface area contributed by atoms with E-state index in [1.807, 2.05) is 18.2 Å². The van der Waals surface area contributed by atoms with Crippen molar-refractivity contribution in [1.82, 2.24) is 30.3 Å². The minimum atomic E-state index is -0.993. The number of hydrogen-bond donors (Lipinski definition) is 4. The number of hydrogen-bond acceptors (Lipinski definition) is 8. The molecule has 1 amide bonds. The molecule has 4 N–H and O–H groups in total. The van der Waals surface area contributed by atoms with E-state index in [0.29, 0.717) is 34.7 Å². The zero-order chi connectivity index (χ0) is 25.2. The number of anilines is 2. The highest BCUT2D eigenvalue weighted by Crippen LogP contribution is 2.33. The number of rotatable bonds is 9. The Balaban J connectivity index is 1.45. The van der Waals surface area contributed by atoms with Gasteiger partial charge >= 0.3 is 0 Å². The van der Waals surface area contributed by atoms with E-state index in [1.54, 1.807) is 45.0 Å². The third kappa shape index (κ3) is 5.81. The van der Waals surface area contributed by atoms with Crippen LogP contribution in [0.2, 0.25) is 5.02 Å². The van der Waals surface area contributed by atoms with Crippen molar-refractivity contribution in [3.63, 3.8) is 0 Å². The van der Waals surface area contributed by atoms with Gasteiger partial charge in [-0.1, -0.05) is 17.7 Å². The standard InChI is InChI=1S/C23H28ClN7O4/c1-23(2,33)12-25-19(32)11-35-17-8-5-13(9-18(17)34-4)21-28-22(31(3)30-21)27-16-7-6-15-14(20(16)24)10-26-29-15/h5-8,10,18,33H,9,11-12H2,1-4H3,(H,25,32)(H,26,29)(H,27,28,30). The monoisotopic (exact) mass is 501 g/mol. The van der Waals surface area contributed by atoms with Crippen molar-refractivity contribution in [2.45, 2.75) is 32.0 Å². The van der Waals surface area contributed by atoms with Crippen LogP contribution in [0.25, 0.3) is 16.5 Å². The second kappa shape index (κ2) is 10.1. The van der Waals surface area contributed by atoms with Crippen LogP contribution in [0.5, 0.6) is 0 Å². The number of carbonyl (C=O) groups is 1. The number of aromatic amines is 1. The van der Waals surface area contributed by atoms with E-state index in [0.717, 1.165) is 16.5 Å². The molecule has 0 bridgehead atoms. The van der Waals surface area contributed by atoms with Crippen molar-refractivity contribution in [1.29, 1.82) is 0 Å². The summed E-state index contributed by atoms with van der Waals surface area (Å²) in [5, 5.41) is 28.4. The van der Waals surface area contributed by atoms with Gasteiger partial charge in [-0.15, -0.1) is 5.10 Å². The van der Waals surface area contributed by atoms with Crippen LogP contribution in [0.4, 0.5) is 11.6 Å². The Morgan fingerprint density at radius 1 is 1.37 bits per heavy atom. The molecule has 1 aliphatic carbocycles. The molecule has 1 aromatic carbocycles. The topological polar surface area (TPSA) is 139 Å². The molecule has 4 rings (SSSR count). The Bertz CT molecular complexity index is 1290. The van der Waals surface area contributed by atoms with Crippen molar-refractivity contribution in [3.8, 4) is 0 Å². The lowest BCUT2D eigenvalue weighted by Crippen LogP contribution is -2.40. The van der Waals surface area contributed by atoms with E-state index in [2.05, 4.69) is 30.9 Å². The second-order valence-corrected chi connectivity index (χ2v) is 9.21. The summed E-state index contributed by atoms with van der Waals surface area (Å²) >= 11 is 6.52. The van der Waals surface area contributed by atoms with Crippen LogP contribution >= 0.6 is 11.6 Å². The van der Waals surface area contributed by atoms with Crippen molar-refractivity contribution in [2.24, 2.45) is 7.05 Å². The van der Waals surface area contributed by atoms with Gasteiger partial charge in [0.15, 0.2) is 12.4 Å². The summed E-state index contributed by atoms with van der Waals surface area (Å²) in [4.78, 5) is 16.6. The summed E-state index contributed by atoms with van der Waals surface area (Å²) in [7, 11) is 3.36. The maximum absolute atomic E-state index is 12.0. The predicted octanol–water partition coefficient (Wildman–Crippen LogP) is 2.68. The molecule has 35 heavy (non-hydrogen) atoms.